The SMILES string of the molecule is C[Si](C)(C)Oc1ccc2[nH]cc(CCNC(=O)c3cc(C(F)(F)F)cc(C(F)(F)F)c3)c2c1. The van der Waals surface area contributed by atoms with E-state index in [2.05, 4.69) is 10.3 Å². The number of carbonyl (C=O) groups excluding carboxylic acids is 1. The monoisotopic (exact) mass is 488 g/mol. The first-order valence-corrected chi connectivity index (χ1v) is 13.4. The molecular weight excluding hydrogens is 466 g/mol. The lowest BCUT2D eigenvalue weighted by Gasteiger charge is -2.19. The summed E-state index contributed by atoms with van der Waals surface area (Å²) in [6, 6.07) is 6.38. The molecule has 0 aliphatic rings. The highest BCUT2D eigenvalue weighted by atomic mass is 28.4. The van der Waals surface area contributed by atoms with E-state index in [0.29, 0.717) is 24.3 Å². The predicted octanol–water partition coefficient (Wildman–Crippen LogP) is 6.39. The second kappa shape index (κ2) is 8.77. The average molecular weight is 489 g/mol. The van der Waals surface area contributed by atoms with Gasteiger partial charge in [0.05, 0.1) is 11.1 Å². The maximum atomic E-state index is 13.0. The Bertz CT molecular complexity index is 1130. The van der Waals surface area contributed by atoms with Crippen LogP contribution >= 0.6 is 0 Å². The fourth-order valence-electron chi connectivity index (χ4n) is 3.28. The molecule has 0 aliphatic carbocycles. The third kappa shape index (κ3) is 6.31. The van der Waals surface area contributed by atoms with Crippen LogP contribution in [0.1, 0.15) is 27.0 Å². The number of aromatic amines is 1. The Balaban J connectivity index is 1.75. The van der Waals surface area contributed by atoms with Gasteiger partial charge in [-0.2, -0.15) is 26.3 Å². The smallest absolute Gasteiger partial charge is 0.416 e. The summed E-state index contributed by atoms with van der Waals surface area (Å²) < 4.78 is 84.0. The van der Waals surface area contributed by atoms with E-state index >= 15 is 0 Å². The zero-order valence-electron chi connectivity index (χ0n) is 18.0. The van der Waals surface area contributed by atoms with Crippen molar-refractivity contribution >= 4 is 25.1 Å². The van der Waals surface area contributed by atoms with Crippen LogP contribution < -0.4 is 9.74 Å². The lowest BCUT2D eigenvalue weighted by Crippen LogP contribution is -2.29. The molecule has 0 spiro atoms. The Kier molecular flexibility index (Phi) is 6.56. The van der Waals surface area contributed by atoms with Crippen molar-refractivity contribution < 1.29 is 35.6 Å². The Hall–Kier alpha value is -2.95. The number of amides is 1. The number of alkyl halides is 6. The van der Waals surface area contributed by atoms with Crippen molar-refractivity contribution in [3.05, 3.63) is 64.8 Å². The van der Waals surface area contributed by atoms with Crippen LogP contribution in [0.15, 0.2) is 42.6 Å². The van der Waals surface area contributed by atoms with Gasteiger partial charge in [0.25, 0.3) is 5.91 Å². The van der Waals surface area contributed by atoms with Gasteiger partial charge in [-0.25, -0.2) is 0 Å². The maximum absolute atomic E-state index is 13.0. The van der Waals surface area contributed by atoms with E-state index in [9.17, 15) is 31.1 Å². The number of carbonyl (C=O) groups is 1. The molecule has 3 rings (SSSR count). The molecule has 0 atom stereocenters. The third-order valence-corrected chi connectivity index (χ3v) is 5.54. The summed E-state index contributed by atoms with van der Waals surface area (Å²) in [5.74, 6) is -0.315. The Morgan fingerprint density at radius 2 is 1.58 bits per heavy atom. The third-order valence-electron chi connectivity index (χ3n) is 4.69. The summed E-state index contributed by atoms with van der Waals surface area (Å²) in [7, 11) is -1.82. The van der Waals surface area contributed by atoms with Gasteiger partial charge in [-0.15, -0.1) is 0 Å². The van der Waals surface area contributed by atoms with Gasteiger partial charge in [0.2, 0.25) is 8.32 Å². The molecule has 11 heteroatoms. The first-order valence-electron chi connectivity index (χ1n) is 10.0. The molecule has 4 nitrogen and oxygen atoms in total. The minimum absolute atomic E-state index is 0.0111. The van der Waals surface area contributed by atoms with E-state index in [1.54, 1.807) is 6.20 Å². The highest BCUT2D eigenvalue weighted by molar-refractivity contribution is 6.70. The van der Waals surface area contributed by atoms with E-state index in [0.717, 1.165) is 16.5 Å². The van der Waals surface area contributed by atoms with E-state index < -0.39 is 43.3 Å². The van der Waals surface area contributed by atoms with Crippen LogP contribution in [-0.2, 0) is 18.8 Å². The second-order valence-electron chi connectivity index (χ2n) is 8.54. The predicted molar refractivity (Wildman–Crippen MR) is 115 cm³/mol. The largest absolute Gasteiger partial charge is 0.544 e. The molecule has 1 amide bonds. The van der Waals surface area contributed by atoms with E-state index in [4.69, 9.17) is 4.43 Å². The number of fused-ring (bicyclic) bond motifs is 1. The van der Waals surface area contributed by atoms with Gasteiger partial charge >= 0.3 is 12.4 Å². The lowest BCUT2D eigenvalue weighted by molar-refractivity contribution is -0.143. The standard InChI is InChI=1S/C22H22F6N2O2Si/c1-33(2,3)32-17-4-5-19-18(11-17)13(12-30-19)6-7-29-20(31)14-8-15(21(23,24)25)10-16(9-14)22(26,27)28/h4-5,8-12,30H,6-7H2,1-3H3,(H,29,31). The van der Waals surface area contributed by atoms with Crippen molar-refractivity contribution in [2.24, 2.45) is 0 Å². The summed E-state index contributed by atoms with van der Waals surface area (Å²) >= 11 is 0. The van der Waals surface area contributed by atoms with Crippen LogP contribution in [0.4, 0.5) is 26.3 Å². The van der Waals surface area contributed by atoms with E-state index in [1.165, 1.54) is 0 Å². The van der Waals surface area contributed by atoms with Gasteiger partial charge in [0.15, 0.2) is 0 Å². The van der Waals surface area contributed by atoms with Crippen LogP contribution in [0.3, 0.4) is 0 Å². The van der Waals surface area contributed by atoms with Crippen molar-refractivity contribution in [2.75, 3.05) is 6.54 Å². The van der Waals surface area contributed by atoms with Crippen LogP contribution in [-0.4, -0.2) is 25.8 Å². The normalized spacial score (nSPS) is 12.8. The molecule has 0 bridgehead atoms. The molecule has 0 unspecified atom stereocenters. The summed E-state index contributed by atoms with van der Waals surface area (Å²) in [4.78, 5) is 15.4. The van der Waals surface area contributed by atoms with Gasteiger partial charge in [0, 0.05) is 29.2 Å². The number of benzene rings is 2. The van der Waals surface area contributed by atoms with Crippen LogP contribution in [0, 0.1) is 0 Å². The molecule has 0 saturated heterocycles. The molecule has 1 heterocycles. The number of hydrogen-bond acceptors (Lipinski definition) is 2. The molecule has 2 N–H and O–H groups in total. The van der Waals surface area contributed by atoms with Gasteiger partial charge in [-0.1, -0.05) is 0 Å². The molecule has 1 aromatic heterocycles. The number of H-pyrrole nitrogens is 1. The summed E-state index contributed by atoms with van der Waals surface area (Å²) in [5.41, 5.74) is -2.11. The molecule has 0 radical (unpaired) electrons. The highest BCUT2D eigenvalue weighted by Crippen LogP contribution is 2.36. The highest BCUT2D eigenvalue weighted by Gasteiger charge is 2.37. The van der Waals surface area contributed by atoms with Crippen molar-refractivity contribution in [1.29, 1.82) is 0 Å². The first kappa shape index (κ1) is 24.7. The van der Waals surface area contributed by atoms with Crippen molar-refractivity contribution in [2.45, 2.75) is 38.4 Å². The van der Waals surface area contributed by atoms with Crippen molar-refractivity contribution in [1.82, 2.24) is 10.3 Å². The number of aromatic nitrogens is 1. The molecule has 0 aliphatic heterocycles. The molecule has 0 fully saturated rings. The minimum atomic E-state index is -5.02. The fourth-order valence-corrected chi connectivity index (χ4v) is 4.11. The molecule has 3 aromatic rings. The first-order chi connectivity index (χ1) is 15.1. The van der Waals surface area contributed by atoms with Crippen molar-refractivity contribution in [3.8, 4) is 5.75 Å². The van der Waals surface area contributed by atoms with E-state index in [1.807, 2.05) is 37.8 Å². The Morgan fingerprint density at radius 3 is 2.12 bits per heavy atom. The number of halogens is 6. The summed E-state index contributed by atoms with van der Waals surface area (Å²) in [5, 5.41) is 3.26. The zero-order valence-corrected chi connectivity index (χ0v) is 19.0. The molecule has 33 heavy (non-hydrogen) atoms. The van der Waals surface area contributed by atoms with Gasteiger partial charge in [0.1, 0.15) is 5.75 Å². The Morgan fingerprint density at radius 1 is 0.970 bits per heavy atom. The lowest BCUT2D eigenvalue weighted by atomic mass is 10.0. The molecular formula is C22H22F6N2O2Si. The molecule has 178 valence electrons. The number of nitrogens with one attached hydrogen (secondary N) is 2. The zero-order chi connectivity index (χ0) is 24.6. The van der Waals surface area contributed by atoms with Crippen molar-refractivity contribution in [3.63, 3.8) is 0 Å². The Labute approximate surface area is 187 Å². The van der Waals surface area contributed by atoms with Gasteiger partial charge < -0.3 is 14.7 Å². The number of hydrogen-bond donors (Lipinski definition) is 2. The minimum Gasteiger partial charge on any atom is -0.544 e. The van der Waals surface area contributed by atoms with E-state index in [-0.39, 0.29) is 12.6 Å². The van der Waals surface area contributed by atoms with Crippen LogP contribution in [0.2, 0.25) is 19.6 Å². The second-order valence-corrected chi connectivity index (χ2v) is 13.0. The van der Waals surface area contributed by atoms with Crippen LogP contribution in [0.5, 0.6) is 5.75 Å². The van der Waals surface area contributed by atoms with Crippen LogP contribution in [0.25, 0.3) is 10.9 Å². The molecule has 0 saturated carbocycles. The quantitative estimate of drug-likeness (QED) is 0.312. The summed E-state index contributed by atoms with van der Waals surface area (Å²) in [6.45, 7) is 6.15. The topological polar surface area (TPSA) is 54.1 Å². The van der Waals surface area contributed by atoms with Gasteiger partial charge in [-0.3, -0.25) is 4.79 Å². The van der Waals surface area contributed by atoms with Gasteiger partial charge in [-0.05, 0) is 68.0 Å². The molecule has 2 aromatic carbocycles. The fraction of sp³-hybridized carbons (Fsp3) is 0.318. The summed E-state index contributed by atoms with van der Waals surface area (Å²) in [6.07, 6.45) is -7.99. The number of rotatable bonds is 6. The maximum Gasteiger partial charge on any atom is 0.416 e. The average Bonchev–Trinajstić information content (AvgIpc) is 3.07.